The van der Waals surface area contributed by atoms with Crippen molar-refractivity contribution in [3.05, 3.63) is 30.0 Å². The van der Waals surface area contributed by atoms with E-state index >= 15 is 0 Å². The molecule has 0 radical (unpaired) electrons. The summed E-state index contributed by atoms with van der Waals surface area (Å²) in [5.74, 6) is 0.559. The number of nitrogens with zero attached hydrogens (tertiary/aromatic N) is 2. The van der Waals surface area contributed by atoms with Crippen LogP contribution in [0, 0.1) is 0 Å². The highest BCUT2D eigenvalue weighted by molar-refractivity contribution is 6.77. The quantitative estimate of drug-likeness (QED) is 0.433. The number of likely N-dealkylation sites (N-methyl/N-ethyl adjacent to an activating group) is 1. The zero-order chi connectivity index (χ0) is 20.1. The van der Waals surface area contributed by atoms with Gasteiger partial charge in [-0.2, -0.15) is 0 Å². The van der Waals surface area contributed by atoms with Gasteiger partial charge in [0.05, 0.1) is 0 Å². The average molecular weight is 404 g/mol. The molecule has 1 aliphatic rings. The highest BCUT2D eigenvalue weighted by Gasteiger charge is 2.27. The molecule has 0 atom stereocenters. The van der Waals surface area contributed by atoms with Gasteiger partial charge in [0.15, 0.2) is 0 Å². The molecule has 0 aliphatic carbocycles. The summed E-state index contributed by atoms with van der Waals surface area (Å²) in [4.78, 5) is 20.0. The molecular formula is C21H33N3O3Si. The van der Waals surface area contributed by atoms with E-state index in [1.807, 2.05) is 24.4 Å². The summed E-state index contributed by atoms with van der Waals surface area (Å²) in [6.45, 7) is 9.23. The number of aromatic nitrogens is 1. The maximum absolute atomic E-state index is 12.2. The lowest BCUT2D eigenvalue weighted by Crippen LogP contribution is -2.43. The largest absolute Gasteiger partial charge is 0.513 e. The second-order valence-corrected chi connectivity index (χ2v) is 14.1. The Hall–Kier alpha value is -1.83. The van der Waals surface area contributed by atoms with E-state index in [1.165, 1.54) is 12.1 Å². The fourth-order valence-electron chi connectivity index (χ4n) is 3.61. The summed E-state index contributed by atoms with van der Waals surface area (Å²) < 4.78 is 10.9. The molecule has 6 nitrogen and oxygen atoms in total. The zero-order valence-corrected chi connectivity index (χ0v) is 18.6. The third-order valence-electron chi connectivity index (χ3n) is 5.61. The van der Waals surface area contributed by atoms with Crippen molar-refractivity contribution in [2.75, 3.05) is 46.9 Å². The van der Waals surface area contributed by atoms with Crippen molar-refractivity contribution in [1.29, 1.82) is 0 Å². The highest BCUT2D eigenvalue weighted by atomic mass is 28.3. The Bertz CT molecular complexity index is 793. The molecule has 0 bridgehead atoms. The number of hydrogen-bond acceptors (Lipinski definition) is 5. The zero-order valence-electron chi connectivity index (χ0n) is 17.6. The van der Waals surface area contributed by atoms with Gasteiger partial charge >= 0.3 is 6.16 Å². The van der Waals surface area contributed by atoms with Crippen LogP contribution in [0.1, 0.15) is 5.56 Å². The van der Waals surface area contributed by atoms with Gasteiger partial charge in [0.25, 0.3) is 0 Å². The predicted molar refractivity (Wildman–Crippen MR) is 116 cm³/mol. The second-order valence-electron chi connectivity index (χ2n) is 8.75. The maximum atomic E-state index is 12.2. The summed E-state index contributed by atoms with van der Waals surface area (Å²) in [5, 5.41) is 0.963. The monoisotopic (exact) mass is 403 g/mol. The van der Waals surface area contributed by atoms with Crippen LogP contribution in [0.4, 0.5) is 4.79 Å². The second kappa shape index (κ2) is 9.11. The van der Waals surface area contributed by atoms with Gasteiger partial charge in [-0.25, -0.2) is 4.79 Å². The standard InChI is InChI=1S/C21H33N3O3Si/c1-23(2)9-8-17-16-22-18-6-5-7-19(20(17)18)27-21(25)26-13-10-24-11-14-28(3,4)15-12-24/h5-7,16,22H,8-15H2,1-4H3. The number of fused-ring (bicyclic) bond motifs is 1. The Kier molecular flexibility index (Phi) is 6.80. The minimum Gasteiger partial charge on any atom is -0.433 e. The molecule has 1 aromatic carbocycles. The van der Waals surface area contributed by atoms with Crippen LogP contribution in [0.15, 0.2) is 24.4 Å². The summed E-state index contributed by atoms with van der Waals surface area (Å²) in [5.41, 5.74) is 2.12. The lowest BCUT2D eigenvalue weighted by atomic mass is 10.1. The van der Waals surface area contributed by atoms with E-state index in [-0.39, 0.29) is 0 Å². The first kappa shape index (κ1) is 20.9. The first-order valence-electron chi connectivity index (χ1n) is 10.1. The minimum atomic E-state index is -0.963. The fourth-order valence-corrected chi connectivity index (χ4v) is 5.70. The van der Waals surface area contributed by atoms with Crippen molar-refractivity contribution in [2.24, 2.45) is 0 Å². The van der Waals surface area contributed by atoms with E-state index in [9.17, 15) is 4.79 Å². The maximum Gasteiger partial charge on any atom is 0.513 e. The molecule has 0 saturated carbocycles. The van der Waals surface area contributed by atoms with E-state index in [2.05, 4.69) is 42.0 Å². The van der Waals surface area contributed by atoms with Crippen molar-refractivity contribution in [3.8, 4) is 5.75 Å². The van der Waals surface area contributed by atoms with Crippen LogP contribution >= 0.6 is 0 Å². The van der Waals surface area contributed by atoms with E-state index < -0.39 is 14.2 Å². The van der Waals surface area contributed by atoms with Crippen molar-refractivity contribution in [3.63, 3.8) is 0 Å². The molecule has 2 heterocycles. The van der Waals surface area contributed by atoms with Crippen LogP contribution < -0.4 is 4.74 Å². The molecule has 3 rings (SSSR count). The number of carbonyl (C=O) groups is 1. The van der Waals surface area contributed by atoms with E-state index in [0.717, 1.165) is 49.1 Å². The number of carbonyl (C=O) groups excluding carboxylic acids is 1. The molecule has 154 valence electrons. The minimum absolute atomic E-state index is 0.372. The van der Waals surface area contributed by atoms with E-state index in [4.69, 9.17) is 9.47 Å². The molecule has 1 N–H and O–H groups in total. The molecule has 2 aromatic rings. The lowest BCUT2D eigenvalue weighted by Gasteiger charge is -2.35. The summed E-state index contributed by atoms with van der Waals surface area (Å²) in [6.07, 6.45) is 2.25. The normalized spacial score (nSPS) is 17.2. The van der Waals surface area contributed by atoms with Gasteiger partial charge in [-0.3, -0.25) is 0 Å². The smallest absolute Gasteiger partial charge is 0.433 e. The Morgan fingerprint density at radius 3 is 2.71 bits per heavy atom. The van der Waals surface area contributed by atoms with Crippen LogP contribution in [0.3, 0.4) is 0 Å². The van der Waals surface area contributed by atoms with Crippen molar-refractivity contribution < 1.29 is 14.3 Å². The topological polar surface area (TPSA) is 57.8 Å². The number of hydrogen-bond donors (Lipinski definition) is 1. The summed E-state index contributed by atoms with van der Waals surface area (Å²) >= 11 is 0. The van der Waals surface area contributed by atoms with Gasteiger partial charge in [-0.15, -0.1) is 0 Å². The predicted octanol–water partition coefficient (Wildman–Crippen LogP) is 3.81. The Labute approximate surface area is 168 Å². The molecule has 0 unspecified atom stereocenters. The van der Waals surface area contributed by atoms with Gasteiger partial charge in [0.1, 0.15) is 12.4 Å². The van der Waals surface area contributed by atoms with Gasteiger partial charge in [0, 0.05) is 38.3 Å². The lowest BCUT2D eigenvalue weighted by molar-refractivity contribution is 0.0881. The molecular weight excluding hydrogens is 370 g/mol. The molecule has 7 heteroatoms. The number of nitrogens with one attached hydrogen (secondary N) is 1. The Morgan fingerprint density at radius 1 is 1.25 bits per heavy atom. The number of H-pyrrole nitrogens is 1. The van der Waals surface area contributed by atoms with Crippen LogP contribution in [0.5, 0.6) is 5.75 Å². The number of rotatable bonds is 7. The molecule has 0 spiro atoms. The Morgan fingerprint density at radius 2 is 2.00 bits per heavy atom. The van der Waals surface area contributed by atoms with Crippen LogP contribution in [0.2, 0.25) is 25.2 Å². The van der Waals surface area contributed by atoms with Gasteiger partial charge < -0.3 is 24.3 Å². The first-order valence-corrected chi connectivity index (χ1v) is 13.6. The molecule has 28 heavy (non-hydrogen) atoms. The SMILES string of the molecule is CN(C)CCc1c[nH]c2cccc(OC(=O)OCCN3CC[Si](C)(C)CC3)c12. The van der Waals surface area contributed by atoms with Crippen molar-refractivity contribution in [1.82, 2.24) is 14.8 Å². The van der Waals surface area contributed by atoms with Crippen LogP contribution in [-0.2, 0) is 11.2 Å². The van der Waals surface area contributed by atoms with Gasteiger partial charge in [-0.1, -0.05) is 19.2 Å². The summed E-state index contributed by atoms with van der Waals surface area (Å²) in [7, 11) is 3.14. The number of aromatic amines is 1. The first-order chi connectivity index (χ1) is 13.3. The Balaban J connectivity index is 1.54. The number of ether oxygens (including phenoxy) is 2. The molecule has 1 aromatic heterocycles. The third kappa shape index (κ3) is 5.59. The number of benzene rings is 1. The molecule has 1 aliphatic heterocycles. The van der Waals surface area contributed by atoms with E-state index in [0.29, 0.717) is 12.4 Å². The van der Waals surface area contributed by atoms with Crippen molar-refractivity contribution >= 4 is 25.1 Å². The molecule has 1 fully saturated rings. The van der Waals surface area contributed by atoms with Crippen LogP contribution in [0.25, 0.3) is 10.9 Å². The van der Waals surface area contributed by atoms with Gasteiger partial charge in [0.2, 0.25) is 0 Å². The van der Waals surface area contributed by atoms with E-state index in [1.54, 1.807) is 0 Å². The molecule has 0 amide bonds. The van der Waals surface area contributed by atoms with Crippen molar-refractivity contribution in [2.45, 2.75) is 31.6 Å². The summed E-state index contributed by atoms with van der Waals surface area (Å²) in [6, 6.07) is 8.35. The highest BCUT2D eigenvalue weighted by Crippen LogP contribution is 2.29. The molecule has 1 saturated heterocycles. The van der Waals surface area contributed by atoms with Crippen LogP contribution in [-0.4, -0.2) is 75.9 Å². The fraction of sp³-hybridized carbons (Fsp3) is 0.571. The average Bonchev–Trinajstić information content (AvgIpc) is 3.05. The third-order valence-corrected chi connectivity index (χ3v) is 8.76. The van der Waals surface area contributed by atoms with Gasteiger partial charge in [-0.05, 0) is 63.4 Å².